The van der Waals surface area contributed by atoms with Gasteiger partial charge >= 0.3 is 0 Å². The summed E-state index contributed by atoms with van der Waals surface area (Å²) >= 11 is 0. The number of aromatic nitrogens is 3. The van der Waals surface area contributed by atoms with Crippen molar-refractivity contribution >= 4 is 17.1 Å². The third kappa shape index (κ3) is 3.30. The zero-order chi connectivity index (χ0) is 14.4. The average molecular weight is 262 g/mol. The molecule has 2 N–H and O–H groups in total. The van der Waals surface area contributed by atoms with Gasteiger partial charge in [-0.3, -0.25) is 4.79 Å². The minimum Gasteiger partial charge on any atom is -0.380 e. The van der Waals surface area contributed by atoms with E-state index < -0.39 is 0 Å². The maximum atomic E-state index is 11.5. The molecule has 2 heterocycles. The maximum Gasteiger partial charge on any atom is 0.174 e. The van der Waals surface area contributed by atoms with Crippen molar-refractivity contribution in [3.05, 3.63) is 23.9 Å². The fraction of sp³-hybridized carbons (Fsp3) is 0.500. The van der Waals surface area contributed by atoms with Gasteiger partial charge in [-0.2, -0.15) is 0 Å². The van der Waals surface area contributed by atoms with Gasteiger partial charge in [0.2, 0.25) is 0 Å². The number of carbonyl (C=O) groups excluding carboxylic acids is 1. The quantitative estimate of drug-likeness (QED) is 0.919. The van der Waals surface area contributed by atoms with Crippen LogP contribution < -0.4 is 5.73 Å². The molecule has 0 aromatic carbocycles. The highest BCUT2D eigenvalue weighted by atomic mass is 16.1. The van der Waals surface area contributed by atoms with Crippen molar-refractivity contribution in [2.45, 2.75) is 46.5 Å². The van der Waals surface area contributed by atoms with Crippen LogP contribution in [0, 0.1) is 0 Å². The van der Waals surface area contributed by atoms with Crippen LogP contribution in [-0.2, 0) is 4.79 Å². The lowest BCUT2D eigenvalue weighted by molar-refractivity contribution is -0.119. The van der Waals surface area contributed by atoms with Gasteiger partial charge in [0.05, 0.1) is 0 Å². The monoisotopic (exact) mass is 262 g/mol. The van der Waals surface area contributed by atoms with Crippen LogP contribution in [0.25, 0.3) is 5.52 Å². The normalized spacial score (nSPS) is 11.8. The summed E-state index contributed by atoms with van der Waals surface area (Å²) in [6.07, 6.45) is 2.90. The molecule has 19 heavy (non-hydrogen) atoms. The predicted octanol–water partition coefficient (Wildman–Crippen LogP) is 2.81. The Hall–Kier alpha value is -1.91. The number of carbonyl (C=O) groups is 1. The Morgan fingerprint density at radius 1 is 1.47 bits per heavy atom. The first-order valence-electron chi connectivity index (χ1n) is 6.74. The smallest absolute Gasteiger partial charge is 0.174 e. The second-order valence-electron chi connectivity index (χ2n) is 4.23. The summed E-state index contributed by atoms with van der Waals surface area (Å²) in [5, 5.41) is 7.76. The van der Waals surface area contributed by atoms with E-state index in [0.717, 1.165) is 11.1 Å². The van der Waals surface area contributed by atoms with Crippen LogP contribution in [0.4, 0.5) is 5.82 Å². The highest BCUT2D eigenvalue weighted by Gasteiger charge is 2.16. The second-order valence-corrected chi connectivity index (χ2v) is 4.23. The van der Waals surface area contributed by atoms with E-state index in [9.17, 15) is 4.79 Å². The van der Waals surface area contributed by atoms with Gasteiger partial charge in [0.25, 0.3) is 0 Å². The number of anilines is 1. The first-order valence-corrected chi connectivity index (χ1v) is 6.74. The molecule has 0 bridgehead atoms. The van der Waals surface area contributed by atoms with Gasteiger partial charge < -0.3 is 5.73 Å². The number of nitrogens with zero attached hydrogens (tertiary/aromatic N) is 3. The number of rotatable bonds is 4. The van der Waals surface area contributed by atoms with Gasteiger partial charge in [-0.25, -0.2) is 4.52 Å². The third-order valence-electron chi connectivity index (χ3n) is 2.96. The largest absolute Gasteiger partial charge is 0.380 e. The molecule has 5 heteroatoms. The Labute approximate surface area is 113 Å². The summed E-state index contributed by atoms with van der Waals surface area (Å²) in [6.45, 7) is 7.90. The lowest BCUT2D eigenvalue weighted by Crippen LogP contribution is -2.05. The van der Waals surface area contributed by atoms with Crippen LogP contribution in [0.3, 0.4) is 0 Å². The molecule has 1 unspecified atom stereocenters. The first kappa shape index (κ1) is 15.1. The summed E-state index contributed by atoms with van der Waals surface area (Å²) in [6, 6.07) is 3.87. The molecule has 0 amide bonds. The minimum absolute atomic E-state index is 0.131. The molecule has 0 aliphatic heterocycles. The van der Waals surface area contributed by atoms with E-state index in [2.05, 4.69) is 10.3 Å². The van der Waals surface area contributed by atoms with Crippen molar-refractivity contribution < 1.29 is 4.79 Å². The standard InChI is InChI=1S/C12H16N4O.C2H6/c1-3-9(17)7-8(2)10-5-4-6-16-11(10)12(13)14-15-16;1-2/h4-6,8H,3,7,13H2,1-2H3;1-2H3. The van der Waals surface area contributed by atoms with Crippen molar-refractivity contribution in [1.82, 2.24) is 14.8 Å². The van der Waals surface area contributed by atoms with Crippen LogP contribution in [-0.4, -0.2) is 20.6 Å². The molecule has 0 aliphatic carbocycles. The van der Waals surface area contributed by atoms with Crippen LogP contribution in [0.1, 0.15) is 52.0 Å². The molecule has 0 saturated heterocycles. The fourth-order valence-electron chi connectivity index (χ4n) is 1.99. The number of fused-ring (bicyclic) bond motifs is 1. The van der Waals surface area contributed by atoms with Crippen molar-refractivity contribution in [3.63, 3.8) is 0 Å². The Balaban J connectivity index is 0.000000861. The molecule has 0 fully saturated rings. The number of Topliss-reactive ketones (excluding diaryl/α,β-unsaturated/α-hetero) is 1. The van der Waals surface area contributed by atoms with E-state index in [1.807, 2.05) is 39.8 Å². The summed E-state index contributed by atoms with van der Waals surface area (Å²) < 4.78 is 1.65. The van der Waals surface area contributed by atoms with Crippen LogP contribution >= 0.6 is 0 Å². The summed E-state index contributed by atoms with van der Waals surface area (Å²) in [5.74, 6) is 0.800. The van der Waals surface area contributed by atoms with Gasteiger partial charge in [0, 0.05) is 19.0 Å². The molecule has 5 nitrogen and oxygen atoms in total. The topological polar surface area (TPSA) is 73.3 Å². The molecule has 2 aromatic rings. The number of ketones is 1. The fourth-order valence-corrected chi connectivity index (χ4v) is 1.99. The van der Waals surface area contributed by atoms with E-state index in [0.29, 0.717) is 18.7 Å². The predicted molar refractivity (Wildman–Crippen MR) is 77.1 cm³/mol. The molecule has 1 atom stereocenters. The first-order chi connectivity index (χ1) is 9.13. The Kier molecular flexibility index (Phi) is 5.48. The summed E-state index contributed by atoms with van der Waals surface area (Å²) in [7, 11) is 0. The zero-order valence-electron chi connectivity index (χ0n) is 12.1. The van der Waals surface area contributed by atoms with Crippen LogP contribution in [0.2, 0.25) is 0 Å². The maximum absolute atomic E-state index is 11.5. The van der Waals surface area contributed by atoms with Crippen molar-refractivity contribution in [2.75, 3.05) is 5.73 Å². The highest BCUT2D eigenvalue weighted by molar-refractivity contribution is 5.80. The SMILES string of the molecule is CC.CCC(=O)CC(C)c1cccn2nnc(N)c12. The highest BCUT2D eigenvalue weighted by Crippen LogP contribution is 2.26. The Morgan fingerprint density at radius 3 is 2.79 bits per heavy atom. The number of pyridine rings is 1. The van der Waals surface area contributed by atoms with E-state index in [-0.39, 0.29) is 11.7 Å². The molecular formula is C14H22N4O. The lowest BCUT2D eigenvalue weighted by atomic mass is 9.94. The molecule has 0 radical (unpaired) electrons. The van der Waals surface area contributed by atoms with Gasteiger partial charge in [-0.1, -0.05) is 39.0 Å². The zero-order valence-corrected chi connectivity index (χ0v) is 12.1. The lowest BCUT2D eigenvalue weighted by Gasteiger charge is -2.11. The second kappa shape index (κ2) is 6.87. The molecule has 2 rings (SSSR count). The Morgan fingerprint density at radius 2 is 2.16 bits per heavy atom. The molecular weight excluding hydrogens is 240 g/mol. The van der Waals surface area contributed by atoms with Crippen molar-refractivity contribution in [1.29, 1.82) is 0 Å². The minimum atomic E-state index is 0.131. The molecule has 0 aliphatic rings. The molecule has 104 valence electrons. The summed E-state index contributed by atoms with van der Waals surface area (Å²) in [5.41, 5.74) is 7.63. The number of hydrogen-bond donors (Lipinski definition) is 1. The van der Waals surface area contributed by atoms with E-state index in [1.165, 1.54) is 0 Å². The molecule has 2 aromatic heterocycles. The molecule has 0 spiro atoms. The van der Waals surface area contributed by atoms with Crippen molar-refractivity contribution in [3.8, 4) is 0 Å². The van der Waals surface area contributed by atoms with E-state index in [4.69, 9.17) is 5.73 Å². The number of nitrogens with two attached hydrogens (primary N) is 1. The average Bonchev–Trinajstić information content (AvgIpc) is 2.82. The number of hydrogen-bond acceptors (Lipinski definition) is 4. The van der Waals surface area contributed by atoms with E-state index in [1.54, 1.807) is 10.7 Å². The van der Waals surface area contributed by atoms with Crippen LogP contribution in [0.5, 0.6) is 0 Å². The summed E-state index contributed by atoms with van der Waals surface area (Å²) in [4.78, 5) is 11.5. The van der Waals surface area contributed by atoms with Gasteiger partial charge in [-0.05, 0) is 17.5 Å². The van der Waals surface area contributed by atoms with Crippen molar-refractivity contribution in [2.24, 2.45) is 0 Å². The Bertz CT molecular complexity index is 547. The van der Waals surface area contributed by atoms with Gasteiger partial charge in [0.1, 0.15) is 11.3 Å². The van der Waals surface area contributed by atoms with Gasteiger partial charge in [-0.15, -0.1) is 5.10 Å². The van der Waals surface area contributed by atoms with Crippen LogP contribution in [0.15, 0.2) is 18.3 Å². The number of nitrogen functional groups attached to an aromatic ring is 1. The molecule has 0 saturated carbocycles. The van der Waals surface area contributed by atoms with E-state index >= 15 is 0 Å². The van der Waals surface area contributed by atoms with Gasteiger partial charge in [0.15, 0.2) is 5.82 Å². The third-order valence-corrected chi connectivity index (χ3v) is 2.96.